The normalized spacial score (nSPS) is 12.3. The van der Waals surface area contributed by atoms with E-state index in [1.54, 1.807) is 0 Å². The Labute approximate surface area is 108 Å². The van der Waals surface area contributed by atoms with E-state index in [0.717, 1.165) is 24.4 Å². The summed E-state index contributed by atoms with van der Waals surface area (Å²) in [5.74, 6) is 0. The third-order valence-corrected chi connectivity index (χ3v) is 2.92. The molecule has 0 fully saturated rings. The Morgan fingerprint density at radius 3 is 2.44 bits per heavy atom. The van der Waals surface area contributed by atoms with Crippen molar-refractivity contribution in [1.29, 1.82) is 0 Å². The molecule has 18 heavy (non-hydrogen) atoms. The molecule has 94 valence electrons. The minimum atomic E-state index is 0.299. The van der Waals surface area contributed by atoms with E-state index in [-0.39, 0.29) is 0 Å². The van der Waals surface area contributed by atoms with Crippen molar-refractivity contribution in [3.63, 3.8) is 0 Å². The SMILES string of the molecule is CCNC(Cc1ccc(C)nn1)c1ccccc1. The highest BCUT2D eigenvalue weighted by Crippen LogP contribution is 2.16. The Balaban J connectivity index is 2.14. The van der Waals surface area contributed by atoms with Crippen LogP contribution in [0.2, 0.25) is 0 Å². The van der Waals surface area contributed by atoms with Gasteiger partial charge in [-0.3, -0.25) is 0 Å². The molecule has 1 unspecified atom stereocenters. The van der Waals surface area contributed by atoms with Gasteiger partial charge >= 0.3 is 0 Å². The summed E-state index contributed by atoms with van der Waals surface area (Å²) >= 11 is 0. The molecule has 0 radical (unpaired) electrons. The van der Waals surface area contributed by atoms with Gasteiger partial charge in [-0.05, 0) is 31.2 Å². The Bertz CT molecular complexity index is 465. The number of aromatic nitrogens is 2. The molecule has 0 saturated carbocycles. The molecule has 0 amide bonds. The summed E-state index contributed by atoms with van der Waals surface area (Å²) < 4.78 is 0. The van der Waals surface area contributed by atoms with Crippen molar-refractivity contribution in [3.8, 4) is 0 Å². The van der Waals surface area contributed by atoms with Crippen LogP contribution in [0.15, 0.2) is 42.5 Å². The number of nitrogens with one attached hydrogen (secondary N) is 1. The van der Waals surface area contributed by atoms with Crippen molar-refractivity contribution in [2.75, 3.05) is 6.54 Å². The molecule has 3 nitrogen and oxygen atoms in total. The minimum absolute atomic E-state index is 0.299. The highest BCUT2D eigenvalue weighted by Gasteiger charge is 2.11. The average molecular weight is 241 g/mol. The fraction of sp³-hybridized carbons (Fsp3) is 0.333. The topological polar surface area (TPSA) is 37.8 Å². The summed E-state index contributed by atoms with van der Waals surface area (Å²) in [6.07, 6.45) is 0.866. The first-order valence-corrected chi connectivity index (χ1v) is 6.37. The van der Waals surface area contributed by atoms with E-state index >= 15 is 0 Å². The van der Waals surface area contributed by atoms with Crippen LogP contribution in [0, 0.1) is 6.92 Å². The lowest BCUT2D eigenvalue weighted by molar-refractivity contribution is 0.541. The fourth-order valence-electron chi connectivity index (χ4n) is 1.98. The summed E-state index contributed by atoms with van der Waals surface area (Å²) in [5, 5.41) is 11.8. The number of likely N-dealkylation sites (N-methyl/N-ethyl adjacent to an activating group) is 1. The Hall–Kier alpha value is -1.74. The minimum Gasteiger partial charge on any atom is -0.310 e. The van der Waals surface area contributed by atoms with Gasteiger partial charge in [0.05, 0.1) is 11.4 Å². The van der Waals surface area contributed by atoms with Crippen molar-refractivity contribution in [2.24, 2.45) is 0 Å². The molecule has 2 aromatic rings. The second kappa shape index (κ2) is 6.26. The van der Waals surface area contributed by atoms with E-state index in [9.17, 15) is 0 Å². The van der Waals surface area contributed by atoms with Gasteiger partial charge in [-0.1, -0.05) is 37.3 Å². The van der Waals surface area contributed by atoms with Crippen molar-refractivity contribution in [1.82, 2.24) is 15.5 Å². The van der Waals surface area contributed by atoms with Crippen molar-refractivity contribution in [2.45, 2.75) is 26.3 Å². The smallest absolute Gasteiger partial charge is 0.0650 e. The summed E-state index contributed by atoms with van der Waals surface area (Å²) in [6.45, 7) is 5.02. The second-order valence-electron chi connectivity index (χ2n) is 4.39. The summed E-state index contributed by atoms with van der Waals surface area (Å²) in [5.41, 5.74) is 3.27. The molecule has 0 bridgehead atoms. The molecule has 0 aliphatic carbocycles. The van der Waals surface area contributed by atoms with Crippen LogP contribution >= 0.6 is 0 Å². The van der Waals surface area contributed by atoms with Gasteiger partial charge in [-0.15, -0.1) is 0 Å². The van der Waals surface area contributed by atoms with E-state index in [1.807, 2.05) is 19.1 Å². The number of rotatable bonds is 5. The monoisotopic (exact) mass is 241 g/mol. The fourth-order valence-corrected chi connectivity index (χ4v) is 1.98. The summed E-state index contributed by atoms with van der Waals surface area (Å²) in [6, 6.07) is 14.8. The Morgan fingerprint density at radius 2 is 1.83 bits per heavy atom. The number of aryl methyl sites for hydroxylation is 1. The van der Waals surface area contributed by atoms with Gasteiger partial charge < -0.3 is 5.32 Å². The zero-order chi connectivity index (χ0) is 12.8. The quantitative estimate of drug-likeness (QED) is 0.874. The zero-order valence-electron chi connectivity index (χ0n) is 10.9. The Morgan fingerprint density at radius 1 is 1.06 bits per heavy atom. The number of benzene rings is 1. The van der Waals surface area contributed by atoms with E-state index < -0.39 is 0 Å². The van der Waals surface area contributed by atoms with Crippen LogP contribution < -0.4 is 5.32 Å². The molecule has 3 heteroatoms. The number of nitrogens with zero attached hydrogens (tertiary/aromatic N) is 2. The first kappa shape index (κ1) is 12.7. The van der Waals surface area contributed by atoms with Crippen LogP contribution in [0.1, 0.15) is 29.9 Å². The molecule has 1 aromatic carbocycles. The maximum atomic E-state index is 4.24. The average Bonchev–Trinajstić information content (AvgIpc) is 2.42. The molecule has 0 spiro atoms. The molecule has 0 aliphatic rings. The van der Waals surface area contributed by atoms with Crippen LogP contribution in [-0.4, -0.2) is 16.7 Å². The second-order valence-corrected chi connectivity index (χ2v) is 4.39. The lowest BCUT2D eigenvalue weighted by Gasteiger charge is -2.17. The molecule has 1 aromatic heterocycles. The maximum absolute atomic E-state index is 4.24. The van der Waals surface area contributed by atoms with E-state index in [1.165, 1.54) is 5.56 Å². The summed E-state index contributed by atoms with van der Waals surface area (Å²) in [7, 11) is 0. The molecular formula is C15H19N3. The molecule has 1 heterocycles. The number of hydrogen-bond donors (Lipinski definition) is 1. The lowest BCUT2D eigenvalue weighted by atomic mass is 10.0. The van der Waals surface area contributed by atoms with Gasteiger partial charge in [0.1, 0.15) is 0 Å². The predicted octanol–water partition coefficient (Wildman–Crippen LogP) is 2.68. The van der Waals surface area contributed by atoms with Crippen LogP contribution in [0.25, 0.3) is 0 Å². The standard InChI is InChI=1S/C15H19N3/c1-3-16-15(13-7-5-4-6-8-13)11-14-10-9-12(2)17-18-14/h4-10,15-16H,3,11H2,1-2H3. The van der Waals surface area contributed by atoms with Crippen LogP contribution in [0.5, 0.6) is 0 Å². The Kier molecular flexibility index (Phi) is 4.42. The number of hydrogen-bond acceptors (Lipinski definition) is 3. The van der Waals surface area contributed by atoms with Gasteiger partial charge in [-0.2, -0.15) is 10.2 Å². The van der Waals surface area contributed by atoms with Gasteiger partial charge in [0.15, 0.2) is 0 Å². The van der Waals surface area contributed by atoms with E-state index in [0.29, 0.717) is 6.04 Å². The highest BCUT2D eigenvalue weighted by molar-refractivity contribution is 5.21. The van der Waals surface area contributed by atoms with E-state index in [4.69, 9.17) is 0 Å². The van der Waals surface area contributed by atoms with Gasteiger partial charge in [0, 0.05) is 12.5 Å². The first-order valence-electron chi connectivity index (χ1n) is 6.37. The molecule has 2 rings (SSSR count). The van der Waals surface area contributed by atoms with Gasteiger partial charge in [0.2, 0.25) is 0 Å². The van der Waals surface area contributed by atoms with E-state index in [2.05, 4.69) is 52.8 Å². The van der Waals surface area contributed by atoms with Crippen molar-refractivity contribution < 1.29 is 0 Å². The maximum Gasteiger partial charge on any atom is 0.0650 e. The van der Waals surface area contributed by atoms with Crippen molar-refractivity contribution >= 4 is 0 Å². The molecular weight excluding hydrogens is 222 g/mol. The van der Waals surface area contributed by atoms with Crippen LogP contribution in [-0.2, 0) is 6.42 Å². The van der Waals surface area contributed by atoms with Crippen LogP contribution in [0.3, 0.4) is 0 Å². The zero-order valence-corrected chi connectivity index (χ0v) is 10.9. The molecule has 1 atom stereocenters. The summed E-state index contributed by atoms with van der Waals surface area (Å²) in [4.78, 5) is 0. The van der Waals surface area contributed by atoms with Gasteiger partial charge in [-0.25, -0.2) is 0 Å². The first-order chi connectivity index (χ1) is 8.79. The third-order valence-electron chi connectivity index (χ3n) is 2.92. The van der Waals surface area contributed by atoms with Crippen molar-refractivity contribution in [3.05, 3.63) is 59.4 Å². The molecule has 0 saturated heterocycles. The predicted molar refractivity (Wildman–Crippen MR) is 73.3 cm³/mol. The largest absolute Gasteiger partial charge is 0.310 e. The lowest BCUT2D eigenvalue weighted by Crippen LogP contribution is -2.23. The third kappa shape index (κ3) is 3.37. The van der Waals surface area contributed by atoms with Crippen LogP contribution in [0.4, 0.5) is 0 Å². The highest BCUT2D eigenvalue weighted by atomic mass is 15.1. The molecule has 0 aliphatic heterocycles. The van der Waals surface area contributed by atoms with Gasteiger partial charge in [0.25, 0.3) is 0 Å². The molecule has 1 N–H and O–H groups in total.